The zero-order valence-electron chi connectivity index (χ0n) is 20.5. The molecular formula is C29H27N5O3. The van der Waals surface area contributed by atoms with Crippen LogP contribution in [0.2, 0.25) is 0 Å². The number of nitrogens with zero attached hydrogens (tertiary/aromatic N) is 2. The average Bonchev–Trinajstić information content (AvgIpc) is 3.52. The molecule has 0 atom stereocenters. The minimum absolute atomic E-state index is 0.0717. The molecule has 8 heteroatoms. The number of aromatic amines is 1. The molecule has 2 heterocycles. The zero-order chi connectivity index (χ0) is 25.8. The van der Waals surface area contributed by atoms with Crippen LogP contribution >= 0.6 is 0 Å². The first kappa shape index (κ1) is 24.0. The normalized spacial score (nSPS) is 13.7. The number of nitro groups is 1. The predicted octanol–water partition coefficient (Wildman–Crippen LogP) is 6.65. The maximum absolute atomic E-state index is 13.1. The van der Waals surface area contributed by atoms with Gasteiger partial charge in [-0.15, -0.1) is 0 Å². The monoisotopic (exact) mass is 493 g/mol. The second-order valence-electron chi connectivity index (χ2n) is 8.95. The number of carbonyl (C=O) groups is 1. The van der Waals surface area contributed by atoms with Crippen LogP contribution in [0.3, 0.4) is 0 Å². The molecule has 3 aromatic carbocycles. The van der Waals surface area contributed by atoms with Gasteiger partial charge < -0.3 is 15.6 Å². The van der Waals surface area contributed by atoms with E-state index in [2.05, 4.69) is 22.5 Å². The molecule has 1 aliphatic heterocycles. The molecule has 8 nitrogen and oxygen atoms in total. The molecule has 1 aliphatic rings. The van der Waals surface area contributed by atoms with Crippen LogP contribution in [0.4, 0.5) is 17.1 Å². The predicted molar refractivity (Wildman–Crippen MR) is 146 cm³/mol. The van der Waals surface area contributed by atoms with Crippen LogP contribution in [0.25, 0.3) is 22.5 Å². The van der Waals surface area contributed by atoms with Gasteiger partial charge >= 0.3 is 0 Å². The van der Waals surface area contributed by atoms with Crippen molar-refractivity contribution in [3.05, 3.63) is 106 Å². The summed E-state index contributed by atoms with van der Waals surface area (Å²) in [7, 11) is 0. The van der Waals surface area contributed by atoms with Gasteiger partial charge in [-0.2, -0.15) is 0 Å². The molecule has 3 N–H and O–H groups in total. The first-order valence-corrected chi connectivity index (χ1v) is 12.3. The van der Waals surface area contributed by atoms with Crippen LogP contribution in [0.1, 0.15) is 43.1 Å². The molecule has 0 bridgehead atoms. The van der Waals surface area contributed by atoms with E-state index in [4.69, 9.17) is 4.98 Å². The van der Waals surface area contributed by atoms with Crippen molar-refractivity contribution in [2.75, 3.05) is 10.6 Å². The van der Waals surface area contributed by atoms with E-state index >= 15 is 0 Å². The number of anilines is 2. The number of rotatable bonds is 9. The number of amides is 1. The lowest BCUT2D eigenvalue weighted by Gasteiger charge is -2.15. The van der Waals surface area contributed by atoms with Gasteiger partial charge in [0.25, 0.3) is 11.6 Å². The maximum Gasteiger partial charge on any atom is 0.270 e. The van der Waals surface area contributed by atoms with Crippen LogP contribution in [-0.2, 0) is 11.2 Å². The van der Waals surface area contributed by atoms with E-state index in [0.29, 0.717) is 22.5 Å². The van der Waals surface area contributed by atoms with Crippen molar-refractivity contribution in [2.24, 2.45) is 0 Å². The van der Waals surface area contributed by atoms with E-state index < -0.39 is 4.92 Å². The van der Waals surface area contributed by atoms with E-state index in [-0.39, 0.29) is 11.6 Å². The van der Waals surface area contributed by atoms with E-state index in [1.165, 1.54) is 25.0 Å². The number of nitrogens with one attached hydrogen (secondary N) is 3. The van der Waals surface area contributed by atoms with Crippen LogP contribution < -0.4 is 10.6 Å². The number of non-ortho nitro benzene ring substituents is 1. The molecule has 0 spiro atoms. The number of hydrogen-bond acceptors (Lipinski definition) is 5. The minimum atomic E-state index is -0.459. The van der Waals surface area contributed by atoms with Crippen molar-refractivity contribution in [3.63, 3.8) is 0 Å². The lowest BCUT2D eigenvalue weighted by molar-refractivity contribution is -0.384. The average molecular weight is 494 g/mol. The highest BCUT2D eigenvalue weighted by atomic mass is 16.6. The molecule has 0 aliphatic carbocycles. The Kier molecular flexibility index (Phi) is 6.81. The minimum Gasteiger partial charge on any atom is -0.354 e. The van der Waals surface area contributed by atoms with Gasteiger partial charge in [-0.3, -0.25) is 14.9 Å². The van der Waals surface area contributed by atoms with Crippen molar-refractivity contribution in [1.29, 1.82) is 0 Å². The number of benzene rings is 3. The molecule has 0 saturated carbocycles. The standard InChI is InChI=1S/C29H27N5O3/c1-2-3-5-10-26-30-18-25(32-26)19-11-13-21(14-12-19)31-28(20-8-6-4-7-9-20)27-23-17-22(34(36)37)15-16-24(23)33-29(27)35/h4,6-9,11-18,31H,2-3,5,10H2,1H3,(H,30,32)(H,33,35)/b28-27-. The van der Waals surface area contributed by atoms with Gasteiger partial charge in [-0.1, -0.05) is 62.2 Å². The number of aromatic nitrogens is 2. The van der Waals surface area contributed by atoms with Crippen molar-refractivity contribution >= 4 is 34.2 Å². The number of unbranched alkanes of at least 4 members (excludes halogenated alkanes) is 2. The lowest BCUT2D eigenvalue weighted by atomic mass is 9.99. The van der Waals surface area contributed by atoms with Crippen LogP contribution in [0, 0.1) is 10.1 Å². The first-order valence-electron chi connectivity index (χ1n) is 12.3. The summed E-state index contributed by atoms with van der Waals surface area (Å²) in [5.74, 6) is 0.673. The summed E-state index contributed by atoms with van der Waals surface area (Å²) in [5.41, 5.74) is 5.34. The maximum atomic E-state index is 13.1. The first-order chi connectivity index (χ1) is 18.0. The fourth-order valence-electron chi connectivity index (χ4n) is 4.45. The van der Waals surface area contributed by atoms with Crippen molar-refractivity contribution < 1.29 is 9.72 Å². The molecule has 1 amide bonds. The van der Waals surface area contributed by atoms with E-state index in [0.717, 1.165) is 41.2 Å². The summed E-state index contributed by atoms with van der Waals surface area (Å²) in [6.45, 7) is 2.18. The lowest BCUT2D eigenvalue weighted by Crippen LogP contribution is -2.10. The highest BCUT2D eigenvalue weighted by Crippen LogP contribution is 2.39. The second kappa shape index (κ2) is 10.5. The van der Waals surface area contributed by atoms with E-state index in [9.17, 15) is 14.9 Å². The molecular weight excluding hydrogens is 466 g/mol. The smallest absolute Gasteiger partial charge is 0.270 e. The summed E-state index contributed by atoms with van der Waals surface area (Å²) < 4.78 is 0. The Labute approximate surface area is 214 Å². The summed E-state index contributed by atoms with van der Waals surface area (Å²) in [6.07, 6.45) is 6.33. The van der Waals surface area contributed by atoms with Crippen molar-refractivity contribution in [2.45, 2.75) is 32.6 Å². The molecule has 0 saturated heterocycles. The third-order valence-electron chi connectivity index (χ3n) is 6.37. The van der Waals surface area contributed by atoms with Gasteiger partial charge in [0.2, 0.25) is 0 Å². The van der Waals surface area contributed by atoms with Gasteiger partial charge in [0.05, 0.1) is 21.9 Å². The number of aryl methyl sites for hydroxylation is 1. The van der Waals surface area contributed by atoms with Gasteiger partial charge in [-0.25, -0.2) is 4.98 Å². The Morgan fingerprint density at radius 1 is 1.03 bits per heavy atom. The number of H-pyrrole nitrogens is 1. The van der Waals surface area contributed by atoms with Gasteiger partial charge in [0, 0.05) is 47.3 Å². The van der Waals surface area contributed by atoms with Crippen LogP contribution in [0.15, 0.2) is 79.0 Å². The van der Waals surface area contributed by atoms with E-state index in [1.54, 1.807) is 6.07 Å². The molecule has 0 unspecified atom stereocenters. The highest BCUT2D eigenvalue weighted by molar-refractivity contribution is 6.37. The van der Waals surface area contributed by atoms with E-state index in [1.807, 2.05) is 60.8 Å². The van der Waals surface area contributed by atoms with Crippen LogP contribution in [-0.4, -0.2) is 20.8 Å². The van der Waals surface area contributed by atoms with Gasteiger partial charge in [-0.05, 0) is 30.2 Å². The molecule has 0 fully saturated rings. The third-order valence-corrected chi connectivity index (χ3v) is 6.37. The number of imidazole rings is 1. The fraction of sp³-hybridized carbons (Fsp3) is 0.172. The van der Waals surface area contributed by atoms with Crippen molar-refractivity contribution in [1.82, 2.24) is 9.97 Å². The molecule has 37 heavy (non-hydrogen) atoms. The molecule has 186 valence electrons. The quantitative estimate of drug-likeness (QED) is 0.105. The topological polar surface area (TPSA) is 113 Å². The summed E-state index contributed by atoms with van der Waals surface area (Å²) >= 11 is 0. The Morgan fingerprint density at radius 3 is 2.54 bits per heavy atom. The highest BCUT2D eigenvalue weighted by Gasteiger charge is 2.30. The fourth-order valence-corrected chi connectivity index (χ4v) is 4.45. The molecule has 1 aromatic heterocycles. The van der Waals surface area contributed by atoms with Gasteiger partial charge in [0.15, 0.2) is 0 Å². The zero-order valence-corrected chi connectivity index (χ0v) is 20.5. The molecule has 5 rings (SSSR count). The SMILES string of the molecule is CCCCCc1nc(-c2ccc(N/C(=C3\C(=O)Nc4ccc([N+](=O)[O-])cc43)c3ccccc3)cc2)c[nH]1. The Morgan fingerprint density at radius 2 is 1.81 bits per heavy atom. The number of fused-ring (bicyclic) bond motifs is 1. The largest absolute Gasteiger partial charge is 0.354 e. The van der Waals surface area contributed by atoms with Gasteiger partial charge in [0.1, 0.15) is 5.82 Å². The number of carbonyl (C=O) groups excluding carboxylic acids is 1. The summed E-state index contributed by atoms with van der Waals surface area (Å²) in [4.78, 5) is 32.0. The Hall–Kier alpha value is -4.72. The third kappa shape index (κ3) is 5.13. The summed E-state index contributed by atoms with van der Waals surface area (Å²) in [6, 6.07) is 21.7. The van der Waals surface area contributed by atoms with Crippen LogP contribution in [0.5, 0.6) is 0 Å². The van der Waals surface area contributed by atoms with Crippen molar-refractivity contribution in [3.8, 4) is 11.3 Å². The summed E-state index contributed by atoms with van der Waals surface area (Å²) in [5, 5.41) is 17.6. The Bertz CT molecular complexity index is 1470. The number of nitro benzene ring substituents is 1. The number of hydrogen-bond donors (Lipinski definition) is 3. The molecule has 0 radical (unpaired) electrons. The Balaban J connectivity index is 1.48. The second-order valence-corrected chi connectivity index (χ2v) is 8.95. The molecule has 4 aromatic rings.